The van der Waals surface area contributed by atoms with Gasteiger partial charge >= 0.3 is 0 Å². The molecule has 0 atom stereocenters. The summed E-state index contributed by atoms with van der Waals surface area (Å²) in [6.07, 6.45) is 0. The lowest BCUT2D eigenvalue weighted by atomic mass is 10.1. The van der Waals surface area contributed by atoms with Gasteiger partial charge in [0.25, 0.3) is 0 Å². The van der Waals surface area contributed by atoms with E-state index in [1.807, 2.05) is 24.3 Å². The van der Waals surface area contributed by atoms with E-state index in [1.54, 1.807) is 14.2 Å². The molecule has 0 aliphatic rings. The molecule has 0 aliphatic heterocycles. The van der Waals surface area contributed by atoms with Crippen molar-refractivity contribution in [2.45, 2.75) is 19.6 Å². The van der Waals surface area contributed by atoms with E-state index >= 15 is 0 Å². The summed E-state index contributed by atoms with van der Waals surface area (Å²) in [7, 11) is 1.96. The minimum absolute atomic E-state index is 0.834. The number of anilines is 3. The predicted molar refractivity (Wildman–Crippen MR) is 124 cm³/mol. The first-order valence-corrected chi connectivity index (χ1v) is 13.1. The molecule has 0 aromatic heterocycles. The zero-order chi connectivity index (χ0) is 20.9. The van der Waals surface area contributed by atoms with E-state index in [2.05, 4.69) is 84.5 Å². The third-order valence-electron chi connectivity index (χ3n) is 4.37. The van der Waals surface area contributed by atoms with Gasteiger partial charge < -0.3 is 14.4 Å². The van der Waals surface area contributed by atoms with Crippen molar-refractivity contribution in [2.75, 3.05) is 19.1 Å². The van der Waals surface area contributed by atoms with Gasteiger partial charge in [0.1, 0.15) is 19.6 Å². The monoisotopic (exact) mass is 401 g/mol. The van der Waals surface area contributed by atoms with E-state index in [0.717, 1.165) is 34.1 Å². The lowest BCUT2D eigenvalue weighted by Gasteiger charge is -2.25. The molecule has 0 bridgehead atoms. The Kier molecular flexibility index (Phi) is 6.31. The Morgan fingerprint density at radius 2 is 1.00 bits per heavy atom. The molecular formula is C25H27NO2Si. The van der Waals surface area contributed by atoms with Gasteiger partial charge in [0.05, 0.1) is 14.2 Å². The lowest BCUT2D eigenvalue weighted by molar-refractivity contribution is 0.415. The summed E-state index contributed by atoms with van der Waals surface area (Å²) in [5.74, 6) is 4.99. The standard InChI is InChI=1S/C25H27NO2Si/c1-27-24-14-10-22(11-15-24)26(23-12-16-25(28-2)17-13-23)21-8-6-20(7-9-21)18-19-29(3,4)5/h6-17H,1-5H3. The number of methoxy groups -OCH3 is 2. The van der Waals surface area contributed by atoms with Crippen LogP contribution in [0.5, 0.6) is 11.5 Å². The quantitative estimate of drug-likeness (QED) is 0.364. The van der Waals surface area contributed by atoms with Crippen LogP contribution >= 0.6 is 0 Å². The summed E-state index contributed by atoms with van der Waals surface area (Å²) in [4.78, 5) is 2.20. The summed E-state index contributed by atoms with van der Waals surface area (Å²) in [6.45, 7) is 6.76. The summed E-state index contributed by atoms with van der Waals surface area (Å²) in [5.41, 5.74) is 7.64. The molecule has 0 heterocycles. The molecule has 3 aromatic carbocycles. The number of hydrogen-bond donors (Lipinski definition) is 0. The molecule has 3 aromatic rings. The van der Waals surface area contributed by atoms with Crippen LogP contribution in [0.1, 0.15) is 5.56 Å². The second-order valence-electron chi connectivity index (χ2n) is 7.78. The van der Waals surface area contributed by atoms with Crippen molar-refractivity contribution in [2.24, 2.45) is 0 Å². The van der Waals surface area contributed by atoms with E-state index in [1.165, 1.54) is 0 Å². The summed E-state index contributed by atoms with van der Waals surface area (Å²) < 4.78 is 10.6. The van der Waals surface area contributed by atoms with Crippen LogP contribution in [0.15, 0.2) is 72.8 Å². The highest BCUT2D eigenvalue weighted by Gasteiger charge is 2.13. The first-order valence-electron chi connectivity index (χ1n) is 9.61. The Hall–Kier alpha value is -3.16. The van der Waals surface area contributed by atoms with Crippen molar-refractivity contribution in [1.82, 2.24) is 0 Å². The van der Waals surface area contributed by atoms with Crippen LogP contribution in [0.2, 0.25) is 19.6 Å². The highest BCUT2D eigenvalue weighted by molar-refractivity contribution is 6.83. The molecule has 0 spiro atoms. The number of benzene rings is 3. The van der Waals surface area contributed by atoms with Gasteiger partial charge in [-0.3, -0.25) is 0 Å². The smallest absolute Gasteiger partial charge is 0.129 e. The number of rotatable bonds is 5. The average molecular weight is 402 g/mol. The first-order chi connectivity index (χ1) is 13.9. The van der Waals surface area contributed by atoms with Crippen LogP contribution in [0.4, 0.5) is 17.1 Å². The topological polar surface area (TPSA) is 21.7 Å². The molecule has 0 N–H and O–H groups in total. The SMILES string of the molecule is COc1ccc(N(c2ccc(C#C[Si](C)(C)C)cc2)c2ccc(OC)cc2)cc1. The Morgan fingerprint density at radius 3 is 1.34 bits per heavy atom. The van der Waals surface area contributed by atoms with Gasteiger partial charge in [0.15, 0.2) is 0 Å². The van der Waals surface area contributed by atoms with Crippen molar-refractivity contribution < 1.29 is 9.47 Å². The summed E-state index contributed by atoms with van der Waals surface area (Å²) in [6, 6.07) is 24.5. The summed E-state index contributed by atoms with van der Waals surface area (Å²) in [5, 5.41) is 0. The van der Waals surface area contributed by atoms with Gasteiger partial charge in [-0.1, -0.05) is 25.6 Å². The molecule has 29 heavy (non-hydrogen) atoms. The molecule has 3 nitrogen and oxygen atoms in total. The van der Waals surface area contributed by atoms with E-state index in [9.17, 15) is 0 Å². The van der Waals surface area contributed by atoms with Gasteiger partial charge in [-0.2, -0.15) is 0 Å². The maximum absolute atomic E-state index is 5.31. The van der Waals surface area contributed by atoms with Crippen LogP contribution in [0.25, 0.3) is 0 Å². The van der Waals surface area contributed by atoms with Crippen LogP contribution in [0.3, 0.4) is 0 Å². The normalized spacial score (nSPS) is 10.7. The van der Waals surface area contributed by atoms with Crippen LogP contribution in [-0.2, 0) is 0 Å². The second kappa shape index (κ2) is 8.89. The molecule has 3 rings (SSSR count). The zero-order valence-electron chi connectivity index (χ0n) is 17.7. The van der Waals surface area contributed by atoms with Gasteiger partial charge in [-0.05, 0) is 72.8 Å². The van der Waals surface area contributed by atoms with Gasteiger partial charge in [-0.25, -0.2) is 0 Å². The summed E-state index contributed by atoms with van der Waals surface area (Å²) >= 11 is 0. The molecule has 0 unspecified atom stereocenters. The molecule has 4 heteroatoms. The zero-order valence-corrected chi connectivity index (χ0v) is 18.7. The highest BCUT2D eigenvalue weighted by atomic mass is 28.3. The molecule has 0 aliphatic carbocycles. The Morgan fingerprint density at radius 1 is 0.621 bits per heavy atom. The van der Waals surface area contributed by atoms with Gasteiger partial charge in [0.2, 0.25) is 0 Å². The van der Waals surface area contributed by atoms with Crippen molar-refractivity contribution in [3.8, 4) is 23.0 Å². The molecule has 0 radical (unpaired) electrons. The Balaban J connectivity index is 2.00. The third kappa shape index (κ3) is 5.43. The molecular weight excluding hydrogens is 374 g/mol. The molecule has 148 valence electrons. The fourth-order valence-electron chi connectivity index (χ4n) is 2.86. The van der Waals surface area contributed by atoms with Crippen molar-refractivity contribution in [1.29, 1.82) is 0 Å². The molecule has 0 amide bonds. The first kappa shape index (κ1) is 20.6. The second-order valence-corrected chi connectivity index (χ2v) is 12.5. The lowest BCUT2D eigenvalue weighted by Crippen LogP contribution is -2.16. The van der Waals surface area contributed by atoms with Crippen LogP contribution in [0, 0.1) is 11.5 Å². The predicted octanol–water partition coefficient (Wildman–Crippen LogP) is 6.40. The van der Waals surface area contributed by atoms with E-state index < -0.39 is 8.07 Å². The fraction of sp³-hybridized carbons (Fsp3) is 0.200. The van der Waals surface area contributed by atoms with Crippen LogP contribution < -0.4 is 14.4 Å². The van der Waals surface area contributed by atoms with E-state index in [4.69, 9.17) is 9.47 Å². The van der Waals surface area contributed by atoms with Crippen molar-refractivity contribution in [3.63, 3.8) is 0 Å². The molecule has 0 saturated carbocycles. The van der Waals surface area contributed by atoms with Crippen molar-refractivity contribution >= 4 is 25.1 Å². The maximum Gasteiger partial charge on any atom is 0.129 e. The Labute approximate surface area is 174 Å². The third-order valence-corrected chi connectivity index (χ3v) is 5.24. The largest absolute Gasteiger partial charge is 0.497 e. The van der Waals surface area contributed by atoms with Gasteiger partial charge in [-0.15, -0.1) is 5.54 Å². The number of ether oxygens (including phenoxy) is 2. The van der Waals surface area contributed by atoms with E-state index in [-0.39, 0.29) is 0 Å². The fourth-order valence-corrected chi connectivity index (χ4v) is 3.38. The number of nitrogens with zero attached hydrogens (tertiary/aromatic N) is 1. The minimum Gasteiger partial charge on any atom is -0.497 e. The van der Waals surface area contributed by atoms with Crippen LogP contribution in [-0.4, -0.2) is 22.3 Å². The van der Waals surface area contributed by atoms with Gasteiger partial charge in [0, 0.05) is 22.6 Å². The average Bonchev–Trinajstić information content (AvgIpc) is 2.74. The molecule has 0 saturated heterocycles. The minimum atomic E-state index is -1.39. The van der Waals surface area contributed by atoms with E-state index in [0.29, 0.717) is 0 Å². The maximum atomic E-state index is 5.31. The molecule has 0 fully saturated rings. The van der Waals surface area contributed by atoms with Crippen molar-refractivity contribution in [3.05, 3.63) is 78.4 Å². The Bertz CT molecular complexity index is 945. The number of hydrogen-bond acceptors (Lipinski definition) is 3. The highest BCUT2D eigenvalue weighted by Crippen LogP contribution is 2.36.